The molecule has 0 bridgehead atoms. The van der Waals surface area contributed by atoms with E-state index in [0.717, 1.165) is 52.6 Å². The van der Waals surface area contributed by atoms with Crippen LogP contribution in [0.2, 0.25) is 10.0 Å². The van der Waals surface area contributed by atoms with E-state index in [1.165, 1.54) is 0 Å². The van der Waals surface area contributed by atoms with Crippen molar-refractivity contribution in [3.63, 3.8) is 0 Å². The van der Waals surface area contributed by atoms with Crippen molar-refractivity contribution in [2.75, 3.05) is 11.4 Å². The number of anilines is 1. The zero-order valence-corrected chi connectivity index (χ0v) is 20.2. The monoisotopic (exact) mass is 476 g/mol. The van der Waals surface area contributed by atoms with Crippen molar-refractivity contribution in [1.82, 2.24) is 4.98 Å². The standard InChI is InChI=1S/C24H26Cl2N2O2S/c1-4-6-21(16-7-9-17(10-8-16)23(29)30)28(13-5-2)24-27-22(15(3)31-24)19-12-11-18(25)14-20(19)26/h7-12,14,21H,4-6,13H2,1-3H3,(H,29,30). The minimum Gasteiger partial charge on any atom is -0.478 e. The Balaban J connectivity index is 2.02. The number of aryl methyl sites for hydroxylation is 1. The first-order valence-electron chi connectivity index (χ1n) is 10.4. The zero-order valence-electron chi connectivity index (χ0n) is 17.9. The Bertz CT molecular complexity index is 1050. The molecule has 31 heavy (non-hydrogen) atoms. The van der Waals surface area contributed by atoms with Crippen LogP contribution in [0.25, 0.3) is 11.3 Å². The molecule has 3 aromatic rings. The van der Waals surface area contributed by atoms with Crippen LogP contribution in [0.1, 0.15) is 60.0 Å². The van der Waals surface area contributed by atoms with Crippen molar-refractivity contribution < 1.29 is 9.90 Å². The predicted octanol–water partition coefficient (Wildman–Crippen LogP) is 7.88. The van der Waals surface area contributed by atoms with Crippen LogP contribution in [0, 0.1) is 6.92 Å². The van der Waals surface area contributed by atoms with Crippen LogP contribution >= 0.6 is 34.5 Å². The molecule has 0 saturated carbocycles. The molecule has 0 saturated heterocycles. The molecule has 1 unspecified atom stereocenters. The second-order valence-corrected chi connectivity index (χ2v) is 9.48. The lowest BCUT2D eigenvalue weighted by molar-refractivity contribution is 0.0697. The number of thiazole rings is 1. The molecule has 2 aromatic carbocycles. The number of carboxylic acids is 1. The van der Waals surface area contributed by atoms with Gasteiger partial charge in [0.05, 0.1) is 22.3 Å². The van der Waals surface area contributed by atoms with Gasteiger partial charge in [0.2, 0.25) is 0 Å². The maximum atomic E-state index is 11.3. The third-order valence-corrected chi connectivity index (χ3v) is 6.72. The molecule has 0 spiro atoms. The maximum absolute atomic E-state index is 11.3. The van der Waals surface area contributed by atoms with Crippen molar-refractivity contribution >= 4 is 45.6 Å². The summed E-state index contributed by atoms with van der Waals surface area (Å²) < 4.78 is 0. The summed E-state index contributed by atoms with van der Waals surface area (Å²) in [5.74, 6) is -0.913. The third-order valence-electron chi connectivity index (χ3n) is 5.16. The van der Waals surface area contributed by atoms with Crippen LogP contribution in [0.4, 0.5) is 5.13 Å². The average Bonchev–Trinajstić information content (AvgIpc) is 3.11. The number of carbonyl (C=O) groups is 1. The van der Waals surface area contributed by atoms with Crippen LogP contribution < -0.4 is 4.90 Å². The van der Waals surface area contributed by atoms with E-state index in [-0.39, 0.29) is 6.04 Å². The van der Waals surface area contributed by atoms with Gasteiger partial charge in [0.15, 0.2) is 5.13 Å². The Morgan fingerprint density at radius 3 is 2.42 bits per heavy atom. The van der Waals surface area contributed by atoms with Crippen molar-refractivity contribution in [1.29, 1.82) is 0 Å². The molecule has 1 heterocycles. The van der Waals surface area contributed by atoms with Gasteiger partial charge in [-0.15, -0.1) is 11.3 Å². The van der Waals surface area contributed by atoms with Gasteiger partial charge in [0.1, 0.15) is 0 Å². The van der Waals surface area contributed by atoms with E-state index in [1.54, 1.807) is 29.5 Å². The average molecular weight is 477 g/mol. The van der Waals surface area contributed by atoms with E-state index >= 15 is 0 Å². The van der Waals surface area contributed by atoms with Gasteiger partial charge >= 0.3 is 5.97 Å². The molecule has 0 fully saturated rings. The van der Waals surface area contributed by atoms with Crippen LogP contribution in [0.3, 0.4) is 0 Å². The summed E-state index contributed by atoms with van der Waals surface area (Å²) in [5, 5.41) is 11.4. The molecule has 1 aromatic heterocycles. The van der Waals surface area contributed by atoms with Crippen LogP contribution in [-0.2, 0) is 0 Å². The topological polar surface area (TPSA) is 53.4 Å². The van der Waals surface area contributed by atoms with Crippen LogP contribution in [0.5, 0.6) is 0 Å². The number of aromatic carboxylic acids is 1. The van der Waals surface area contributed by atoms with E-state index < -0.39 is 5.97 Å². The Hall–Kier alpha value is -2.08. The van der Waals surface area contributed by atoms with Gasteiger partial charge < -0.3 is 10.0 Å². The van der Waals surface area contributed by atoms with Gasteiger partial charge in [-0.3, -0.25) is 0 Å². The largest absolute Gasteiger partial charge is 0.478 e. The van der Waals surface area contributed by atoms with Gasteiger partial charge in [-0.1, -0.05) is 55.6 Å². The minimum atomic E-state index is -0.913. The van der Waals surface area contributed by atoms with Gasteiger partial charge in [0.25, 0.3) is 0 Å². The molecular weight excluding hydrogens is 451 g/mol. The first kappa shape index (κ1) is 23.6. The third kappa shape index (κ3) is 5.40. The first-order valence-corrected chi connectivity index (χ1v) is 12.0. The van der Waals surface area contributed by atoms with Crippen LogP contribution in [-0.4, -0.2) is 22.6 Å². The molecule has 4 nitrogen and oxygen atoms in total. The molecule has 0 aliphatic carbocycles. The van der Waals surface area contributed by atoms with Gasteiger partial charge in [-0.25, -0.2) is 9.78 Å². The fourth-order valence-corrected chi connectivity index (χ4v) is 5.18. The number of hydrogen-bond acceptors (Lipinski definition) is 4. The molecular formula is C24H26Cl2N2O2S. The summed E-state index contributed by atoms with van der Waals surface area (Å²) in [6.07, 6.45) is 2.93. The molecule has 1 N–H and O–H groups in total. The Morgan fingerprint density at radius 2 is 1.84 bits per heavy atom. The number of nitrogens with zero attached hydrogens (tertiary/aromatic N) is 2. The highest BCUT2D eigenvalue weighted by atomic mass is 35.5. The number of aromatic nitrogens is 1. The summed E-state index contributed by atoms with van der Waals surface area (Å²) in [7, 11) is 0. The lowest BCUT2D eigenvalue weighted by Gasteiger charge is -2.32. The molecule has 1 atom stereocenters. The smallest absolute Gasteiger partial charge is 0.335 e. The predicted molar refractivity (Wildman–Crippen MR) is 131 cm³/mol. The lowest BCUT2D eigenvalue weighted by Crippen LogP contribution is -2.29. The van der Waals surface area contributed by atoms with Crippen molar-refractivity contribution in [2.24, 2.45) is 0 Å². The number of hydrogen-bond donors (Lipinski definition) is 1. The normalized spacial score (nSPS) is 12.0. The minimum absolute atomic E-state index is 0.117. The fraction of sp³-hybridized carbons (Fsp3) is 0.333. The van der Waals surface area contributed by atoms with Crippen molar-refractivity contribution in [3.8, 4) is 11.3 Å². The van der Waals surface area contributed by atoms with E-state index in [1.807, 2.05) is 24.3 Å². The Kier molecular flexibility index (Phi) is 7.98. The summed E-state index contributed by atoms with van der Waals surface area (Å²) in [6, 6.07) is 12.8. The van der Waals surface area contributed by atoms with E-state index in [2.05, 4.69) is 25.7 Å². The molecule has 0 aliphatic heterocycles. The van der Waals surface area contributed by atoms with Crippen molar-refractivity contribution in [3.05, 3.63) is 68.5 Å². The van der Waals surface area contributed by atoms with Crippen LogP contribution in [0.15, 0.2) is 42.5 Å². The molecule has 7 heteroatoms. The second-order valence-electron chi connectivity index (χ2n) is 7.45. The summed E-state index contributed by atoms with van der Waals surface area (Å²) >= 11 is 14.2. The highest BCUT2D eigenvalue weighted by molar-refractivity contribution is 7.16. The number of benzene rings is 2. The molecule has 0 aliphatic rings. The highest BCUT2D eigenvalue weighted by Gasteiger charge is 2.24. The van der Waals surface area contributed by atoms with Gasteiger partial charge in [-0.05, 0) is 55.7 Å². The van der Waals surface area contributed by atoms with E-state index in [0.29, 0.717) is 15.6 Å². The van der Waals surface area contributed by atoms with Gasteiger partial charge in [-0.2, -0.15) is 0 Å². The quantitative estimate of drug-likeness (QED) is 0.341. The Morgan fingerprint density at radius 1 is 1.13 bits per heavy atom. The number of rotatable bonds is 9. The van der Waals surface area contributed by atoms with Gasteiger partial charge in [0, 0.05) is 22.0 Å². The van der Waals surface area contributed by atoms with Crippen molar-refractivity contribution in [2.45, 2.75) is 46.1 Å². The first-order chi connectivity index (χ1) is 14.8. The zero-order chi connectivity index (χ0) is 22.5. The van der Waals surface area contributed by atoms with E-state index in [4.69, 9.17) is 28.2 Å². The lowest BCUT2D eigenvalue weighted by atomic mass is 9.99. The fourth-order valence-electron chi connectivity index (χ4n) is 3.69. The summed E-state index contributed by atoms with van der Waals surface area (Å²) in [6.45, 7) is 7.23. The maximum Gasteiger partial charge on any atom is 0.335 e. The van der Waals surface area contributed by atoms with E-state index in [9.17, 15) is 9.90 Å². The summed E-state index contributed by atoms with van der Waals surface area (Å²) in [4.78, 5) is 19.7. The number of halogens is 2. The second kappa shape index (κ2) is 10.5. The highest BCUT2D eigenvalue weighted by Crippen LogP contribution is 2.40. The molecule has 0 amide bonds. The SMILES string of the molecule is CCCC(c1ccc(C(=O)O)cc1)N(CCC)c1nc(-c2ccc(Cl)cc2Cl)c(C)s1. The summed E-state index contributed by atoms with van der Waals surface area (Å²) in [5.41, 5.74) is 3.14. The Labute approximate surface area is 197 Å². The molecule has 3 rings (SSSR count). The number of carboxylic acid groups (broad SMARTS) is 1. The molecule has 164 valence electrons. The molecule has 0 radical (unpaired) electrons.